The number of likely N-dealkylation sites (N-methyl/N-ethyl adjacent to an activating group) is 1. The maximum absolute atomic E-state index is 12.7. The molecule has 0 aliphatic heterocycles. The number of carbonyl (C=O) groups excluding carboxylic acids is 2. The van der Waals surface area contributed by atoms with Gasteiger partial charge in [-0.05, 0) is 77.0 Å². The Morgan fingerprint density at radius 1 is 0.589 bits per heavy atom. The number of nitrogens with zero attached hydrogens (tertiary/aromatic N) is 1. The number of carbonyl (C=O) groups is 2. The molecule has 0 aromatic heterocycles. The number of rotatable bonds is 37. The van der Waals surface area contributed by atoms with E-state index in [1.165, 1.54) is 25.7 Å². The van der Waals surface area contributed by atoms with Crippen LogP contribution in [-0.2, 0) is 32.7 Å². The zero-order valence-corrected chi connectivity index (χ0v) is 36.7. The van der Waals surface area contributed by atoms with E-state index in [4.69, 9.17) is 18.5 Å². The molecule has 0 aliphatic carbocycles. The Morgan fingerprint density at radius 2 is 1.09 bits per heavy atom. The van der Waals surface area contributed by atoms with Crippen molar-refractivity contribution in [2.45, 2.75) is 148 Å². The second-order valence-corrected chi connectivity index (χ2v) is 16.5. The Kier molecular flexibility index (Phi) is 35.9. The van der Waals surface area contributed by atoms with Crippen LogP contribution >= 0.6 is 7.82 Å². The Labute approximate surface area is 341 Å². The summed E-state index contributed by atoms with van der Waals surface area (Å²) in [7, 11) is 1.42. The summed E-state index contributed by atoms with van der Waals surface area (Å²) in [6.45, 7) is 4.17. The van der Waals surface area contributed by atoms with E-state index in [2.05, 4.69) is 92.8 Å². The second-order valence-electron chi connectivity index (χ2n) is 15.0. The van der Waals surface area contributed by atoms with Gasteiger partial charge in [0.1, 0.15) is 19.8 Å². The normalized spacial score (nSPS) is 14.5. The maximum Gasteiger partial charge on any atom is 0.472 e. The van der Waals surface area contributed by atoms with E-state index in [9.17, 15) is 19.0 Å². The molecule has 320 valence electrons. The zero-order valence-electron chi connectivity index (χ0n) is 35.8. The minimum atomic E-state index is -4.40. The molecular weight excluding hydrogens is 725 g/mol. The van der Waals surface area contributed by atoms with Crippen LogP contribution in [0.15, 0.2) is 85.1 Å². The van der Waals surface area contributed by atoms with E-state index in [0.29, 0.717) is 23.9 Å². The molecule has 0 rings (SSSR count). The average molecular weight is 805 g/mol. The SMILES string of the molecule is CC/C=C/C/C=C/C/C=C/C/C=C/C/C=C/CCCC(=O)OC[C@H](COP(=O)(O)OCC[N+](C)(C)C)OC(=O)CCCCCCC/C=C/C=C/CCCCCC. The fraction of sp³-hybridized carbons (Fsp3) is 0.652. The van der Waals surface area contributed by atoms with Crippen LogP contribution in [0.3, 0.4) is 0 Å². The molecule has 1 N–H and O–H groups in total. The van der Waals surface area contributed by atoms with Crippen LogP contribution in [-0.4, -0.2) is 74.9 Å². The lowest BCUT2D eigenvalue weighted by Crippen LogP contribution is -2.37. The lowest BCUT2D eigenvalue weighted by atomic mass is 10.1. The lowest BCUT2D eigenvalue weighted by Gasteiger charge is -2.24. The summed E-state index contributed by atoms with van der Waals surface area (Å²) in [5.41, 5.74) is 0. The van der Waals surface area contributed by atoms with Crippen molar-refractivity contribution >= 4 is 19.8 Å². The van der Waals surface area contributed by atoms with Gasteiger partial charge in [0.2, 0.25) is 0 Å². The Hall–Kier alpha value is -2.81. The van der Waals surface area contributed by atoms with Gasteiger partial charge in [0.15, 0.2) is 6.10 Å². The van der Waals surface area contributed by atoms with Crippen LogP contribution < -0.4 is 0 Å². The van der Waals surface area contributed by atoms with Gasteiger partial charge in [-0.25, -0.2) is 4.57 Å². The van der Waals surface area contributed by atoms with E-state index in [1.54, 1.807) is 0 Å². The van der Waals surface area contributed by atoms with Crippen LogP contribution in [0.5, 0.6) is 0 Å². The highest BCUT2D eigenvalue weighted by molar-refractivity contribution is 7.47. The van der Waals surface area contributed by atoms with Crippen molar-refractivity contribution in [2.75, 3.05) is 47.5 Å². The van der Waals surface area contributed by atoms with Crippen molar-refractivity contribution in [1.82, 2.24) is 0 Å². The van der Waals surface area contributed by atoms with Gasteiger partial charge in [-0.15, -0.1) is 0 Å². The molecule has 0 aliphatic rings. The van der Waals surface area contributed by atoms with Gasteiger partial charge in [0, 0.05) is 12.8 Å². The highest BCUT2D eigenvalue weighted by Crippen LogP contribution is 2.43. The highest BCUT2D eigenvalue weighted by Gasteiger charge is 2.27. The standard InChI is InChI=1S/C46H78NO8P/c1-6-8-10-12-14-16-18-20-22-23-25-26-28-30-32-34-36-38-45(48)52-42-44(43-54-56(50,51)53-41-40-47(3,4)5)55-46(49)39-37-35-33-31-29-27-24-21-19-17-15-13-11-9-7-2/h8,10,14,16-17,19-22,24-26,30,32,44H,6-7,9,11-13,15,18,23,27-29,31,33-43H2,1-5H3/p+1/b10-8+,16-14+,19-17+,22-20+,24-21+,26-25+,32-30+/t44-/m1/s1. The summed E-state index contributed by atoms with van der Waals surface area (Å²) < 4.78 is 34.2. The zero-order chi connectivity index (χ0) is 41.4. The van der Waals surface area contributed by atoms with Crippen LogP contribution in [0.1, 0.15) is 142 Å². The minimum absolute atomic E-state index is 0.0150. The topological polar surface area (TPSA) is 108 Å². The first kappa shape index (κ1) is 53.2. The molecule has 10 heteroatoms. The van der Waals surface area contributed by atoms with Gasteiger partial charge in [0.25, 0.3) is 0 Å². The van der Waals surface area contributed by atoms with Crippen molar-refractivity contribution in [2.24, 2.45) is 0 Å². The largest absolute Gasteiger partial charge is 0.472 e. The molecule has 0 amide bonds. The molecule has 0 heterocycles. The van der Waals surface area contributed by atoms with Crippen molar-refractivity contribution in [3.05, 3.63) is 85.1 Å². The molecule has 0 spiro atoms. The van der Waals surface area contributed by atoms with Crippen molar-refractivity contribution in [3.63, 3.8) is 0 Å². The molecule has 0 bridgehead atoms. The number of allylic oxidation sites excluding steroid dienone is 14. The maximum atomic E-state index is 12.7. The summed E-state index contributed by atoms with van der Waals surface area (Å²) in [5, 5.41) is 0. The second kappa shape index (κ2) is 37.7. The van der Waals surface area contributed by atoms with Crippen molar-refractivity contribution in [3.8, 4) is 0 Å². The van der Waals surface area contributed by atoms with Crippen LogP contribution in [0.4, 0.5) is 0 Å². The molecule has 2 atom stereocenters. The van der Waals surface area contributed by atoms with Crippen LogP contribution in [0, 0.1) is 0 Å². The summed E-state index contributed by atoms with van der Waals surface area (Å²) in [4.78, 5) is 35.3. The Balaban J connectivity index is 4.53. The molecule has 0 saturated heterocycles. The number of hydrogen-bond acceptors (Lipinski definition) is 7. The highest BCUT2D eigenvalue weighted by atomic mass is 31.2. The summed E-state index contributed by atoms with van der Waals surface area (Å²) in [5.74, 6) is -0.894. The number of phosphoric acid groups is 1. The first-order valence-electron chi connectivity index (χ1n) is 21.3. The van der Waals surface area contributed by atoms with Gasteiger partial charge >= 0.3 is 19.8 Å². The fourth-order valence-electron chi connectivity index (χ4n) is 5.10. The number of esters is 2. The van der Waals surface area contributed by atoms with Crippen LogP contribution in [0.25, 0.3) is 0 Å². The van der Waals surface area contributed by atoms with Gasteiger partial charge in [-0.1, -0.05) is 137 Å². The number of ether oxygens (including phenoxy) is 2. The molecule has 0 aromatic rings. The molecule has 9 nitrogen and oxygen atoms in total. The summed E-state index contributed by atoms with van der Waals surface area (Å²) in [6, 6.07) is 0. The van der Waals surface area contributed by atoms with Crippen molar-refractivity contribution < 1.29 is 42.1 Å². The average Bonchev–Trinajstić information content (AvgIpc) is 3.15. The third-order valence-electron chi connectivity index (χ3n) is 8.44. The Bertz CT molecular complexity index is 1230. The monoisotopic (exact) mass is 805 g/mol. The summed E-state index contributed by atoms with van der Waals surface area (Å²) in [6.07, 6.45) is 47.8. The summed E-state index contributed by atoms with van der Waals surface area (Å²) >= 11 is 0. The van der Waals surface area contributed by atoms with Gasteiger partial charge in [0.05, 0.1) is 27.7 Å². The van der Waals surface area contributed by atoms with Gasteiger partial charge in [-0.2, -0.15) is 0 Å². The molecule has 1 unspecified atom stereocenters. The number of hydrogen-bond donors (Lipinski definition) is 1. The minimum Gasteiger partial charge on any atom is -0.462 e. The molecule has 0 radical (unpaired) electrons. The van der Waals surface area contributed by atoms with E-state index < -0.39 is 32.5 Å². The van der Waals surface area contributed by atoms with E-state index in [1.807, 2.05) is 27.2 Å². The van der Waals surface area contributed by atoms with E-state index in [0.717, 1.165) is 77.0 Å². The molecule has 0 saturated carbocycles. The molecule has 0 fully saturated rings. The Morgan fingerprint density at radius 3 is 1.66 bits per heavy atom. The lowest BCUT2D eigenvalue weighted by molar-refractivity contribution is -0.870. The molecular formula is C46H79NO8P+. The first-order valence-corrected chi connectivity index (χ1v) is 22.8. The fourth-order valence-corrected chi connectivity index (χ4v) is 5.84. The van der Waals surface area contributed by atoms with E-state index >= 15 is 0 Å². The van der Waals surface area contributed by atoms with E-state index in [-0.39, 0.29) is 26.1 Å². The van der Waals surface area contributed by atoms with Crippen molar-refractivity contribution in [1.29, 1.82) is 0 Å². The molecule has 56 heavy (non-hydrogen) atoms. The van der Waals surface area contributed by atoms with Gasteiger partial charge < -0.3 is 18.9 Å². The number of unbranched alkanes of at least 4 members (excludes halogenated alkanes) is 10. The predicted molar refractivity (Wildman–Crippen MR) is 233 cm³/mol. The smallest absolute Gasteiger partial charge is 0.462 e. The van der Waals surface area contributed by atoms with Crippen LogP contribution in [0.2, 0.25) is 0 Å². The quantitative estimate of drug-likeness (QED) is 0.0165. The van der Waals surface area contributed by atoms with Gasteiger partial charge in [-0.3, -0.25) is 18.6 Å². The first-order chi connectivity index (χ1) is 27.0. The number of quaternary nitrogens is 1. The number of phosphoric ester groups is 1. The molecule has 0 aromatic carbocycles. The third kappa shape index (κ3) is 40.8. The third-order valence-corrected chi connectivity index (χ3v) is 9.42. The predicted octanol–water partition coefficient (Wildman–Crippen LogP) is 12.0.